The van der Waals surface area contributed by atoms with Gasteiger partial charge in [0.2, 0.25) is 0 Å². The number of aromatic hydroxyl groups is 1. The summed E-state index contributed by atoms with van der Waals surface area (Å²) in [5.41, 5.74) is 1.75. The molecule has 4 nitrogen and oxygen atoms in total. The number of benzene rings is 3. The van der Waals surface area contributed by atoms with Crippen molar-refractivity contribution in [1.29, 1.82) is 0 Å². The molecule has 3 aromatic rings. The van der Waals surface area contributed by atoms with E-state index in [0.717, 1.165) is 5.56 Å². The first-order valence-corrected chi connectivity index (χ1v) is 7.36. The fourth-order valence-corrected chi connectivity index (χ4v) is 2.37. The predicted molar refractivity (Wildman–Crippen MR) is 89.7 cm³/mol. The molecule has 0 atom stereocenters. The molecule has 0 saturated carbocycles. The van der Waals surface area contributed by atoms with Crippen molar-refractivity contribution in [3.8, 4) is 16.9 Å². The minimum atomic E-state index is -0.888. The van der Waals surface area contributed by atoms with Crippen LogP contribution in [0.4, 0.5) is 0 Å². The Balaban J connectivity index is 1.89. The lowest BCUT2D eigenvalue weighted by Gasteiger charge is -2.09. The lowest BCUT2D eigenvalue weighted by molar-refractivity contribution is 0.0396. The molecule has 0 unspecified atom stereocenters. The summed E-state index contributed by atoms with van der Waals surface area (Å²) in [4.78, 5) is 24.5. The number of esters is 2. The van der Waals surface area contributed by atoms with Crippen LogP contribution in [0.2, 0.25) is 0 Å². The summed E-state index contributed by atoms with van der Waals surface area (Å²) in [6, 6.07) is 22.2. The summed E-state index contributed by atoms with van der Waals surface area (Å²) in [5, 5.41) is 9.68. The van der Waals surface area contributed by atoms with E-state index in [1.165, 1.54) is 12.1 Å². The van der Waals surface area contributed by atoms with Crippen molar-refractivity contribution in [3.05, 3.63) is 90.0 Å². The fourth-order valence-electron chi connectivity index (χ4n) is 2.37. The van der Waals surface area contributed by atoms with Crippen molar-refractivity contribution in [2.24, 2.45) is 0 Å². The van der Waals surface area contributed by atoms with E-state index in [9.17, 15) is 14.7 Å². The number of rotatable bonds is 3. The molecule has 0 fully saturated rings. The van der Waals surface area contributed by atoms with Gasteiger partial charge in [-0.15, -0.1) is 0 Å². The van der Waals surface area contributed by atoms with Gasteiger partial charge in [-0.1, -0.05) is 60.7 Å². The molecule has 0 aromatic heterocycles. The van der Waals surface area contributed by atoms with Crippen LogP contribution in [0.15, 0.2) is 78.9 Å². The van der Waals surface area contributed by atoms with Gasteiger partial charge in [0.15, 0.2) is 0 Å². The summed E-state index contributed by atoms with van der Waals surface area (Å²) in [5.74, 6) is -1.88. The van der Waals surface area contributed by atoms with Gasteiger partial charge in [-0.25, -0.2) is 9.59 Å². The average Bonchev–Trinajstić information content (AvgIpc) is 2.62. The molecule has 3 rings (SSSR count). The van der Waals surface area contributed by atoms with Gasteiger partial charge in [0.25, 0.3) is 0 Å². The van der Waals surface area contributed by atoms with Crippen LogP contribution in [0.5, 0.6) is 5.75 Å². The normalized spacial score (nSPS) is 10.2. The maximum absolute atomic E-state index is 12.4. The predicted octanol–water partition coefficient (Wildman–Crippen LogP) is 4.06. The van der Waals surface area contributed by atoms with Crippen molar-refractivity contribution in [2.45, 2.75) is 0 Å². The number of hydrogen-bond acceptors (Lipinski definition) is 4. The smallest absolute Gasteiger partial charge is 0.349 e. The van der Waals surface area contributed by atoms with Gasteiger partial charge >= 0.3 is 11.9 Å². The minimum Gasteiger partial charge on any atom is -0.507 e. The zero-order valence-corrected chi connectivity index (χ0v) is 12.7. The van der Waals surface area contributed by atoms with Crippen molar-refractivity contribution in [2.75, 3.05) is 0 Å². The van der Waals surface area contributed by atoms with Gasteiger partial charge in [0, 0.05) is 0 Å². The van der Waals surface area contributed by atoms with Gasteiger partial charge in [-0.3, -0.25) is 0 Å². The van der Waals surface area contributed by atoms with Crippen LogP contribution >= 0.6 is 0 Å². The molecule has 0 heterocycles. The summed E-state index contributed by atoms with van der Waals surface area (Å²) in [6.45, 7) is 0. The van der Waals surface area contributed by atoms with Gasteiger partial charge in [0.1, 0.15) is 11.3 Å². The van der Waals surface area contributed by atoms with Gasteiger partial charge < -0.3 is 9.84 Å². The molecule has 0 aliphatic heterocycles. The van der Waals surface area contributed by atoms with E-state index in [1.807, 2.05) is 36.4 Å². The van der Waals surface area contributed by atoms with E-state index in [2.05, 4.69) is 0 Å². The topological polar surface area (TPSA) is 63.6 Å². The molecule has 0 amide bonds. The second-order valence-electron chi connectivity index (χ2n) is 5.11. The Morgan fingerprint density at radius 2 is 1.21 bits per heavy atom. The second-order valence-corrected chi connectivity index (χ2v) is 5.11. The molecule has 0 spiro atoms. The highest BCUT2D eigenvalue weighted by atomic mass is 16.6. The number of phenolic OH excluding ortho intramolecular Hbond substituents is 1. The number of hydrogen-bond donors (Lipinski definition) is 1. The maximum atomic E-state index is 12.4. The molecular weight excluding hydrogens is 304 g/mol. The fraction of sp³-hybridized carbons (Fsp3) is 0. The zero-order valence-electron chi connectivity index (χ0n) is 12.7. The van der Waals surface area contributed by atoms with Gasteiger partial charge in [0.05, 0.1) is 5.56 Å². The Labute approximate surface area is 139 Å². The Hall–Kier alpha value is -3.40. The van der Waals surface area contributed by atoms with Crippen LogP contribution in [0.25, 0.3) is 11.1 Å². The van der Waals surface area contributed by atoms with Gasteiger partial charge in [-0.2, -0.15) is 0 Å². The summed E-state index contributed by atoms with van der Waals surface area (Å²) >= 11 is 0. The number of para-hydroxylation sites is 1. The average molecular weight is 318 g/mol. The van der Waals surface area contributed by atoms with Crippen LogP contribution in [0.1, 0.15) is 20.7 Å². The molecule has 0 radical (unpaired) electrons. The minimum absolute atomic E-state index is 0.0527. The van der Waals surface area contributed by atoms with Gasteiger partial charge in [-0.05, 0) is 29.3 Å². The van der Waals surface area contributed by atoms with E-state index in [4.69, 9.17) is 4.74 Å². The number of phenols is 1. The molecule has 4 heteroatoms. The highest BCUT2D eigenvalue weighted by Crippen LogP contribution is 2.25. The first-order valence-electron chi connectivity index (χ1n) is 7.36. The monoisotopic (exact) mass is 318 g/mol. The zero-order chi connectivity index (χ0) is 16.9. The molecule has 0 saturated heterocycles. The summed E-state index contributed by atoms with van der Waals surface area (Å²) in [7, 11) is 0. The van der Waals surface area contributed by atoms with E-state index in [0.29, 0.717) is 5.56 Å². The van der Waals surface area contributed by atoms with E-state index in [1.54, 1.807) is 30.3 Å². The Kier molecular flexibility index (Phi) is 4.38. The summed E-state index contributed by atoms with van der Waals surface area (Å²) in [6.07, 6.45) is 0. The van der Waals surface area contributed by atoms with Crippen LogP contribution in [-0.2, 0) is 4.74 Å². The Bertz CT molecular complexity index is 885. The first kappa shape index (κ1) is 15.5. The third kappa shape index (κ3) is 3.17. The molecule has 0 aliphatic carbocycles. The lowest BCUT2D eigenvalue weighted by Crippen LogP contribution is -2.13. The molecular formula is C20H14O4. The van der Waals surface area contributed by atoms with Crippen LogP contribution in [0, 0.1) is 0 Å². The third-order valence-corrected chi connectivity index (χ3v) is 3.54. The number of carbonyl (C=O) groups is 2. The van der Waals surface area contributed by atoms with Crippen molar-refractivity contribution in [1.82, 2.24) is 0 Å². The SMILES string of the molecule is O=C(OC(=O)c1ccccc1-c1ccccc1)c1ccccc1O. The number of carbonyl (C=O) groups excluding carboxylic acids is 2. The summed E-state index contributed by atoms with van der Waals surface area (Å²) < 4.78 is 4.93. The first-order chi connectivity index (χ1) is 11.7. The highest BCUT2D eigenvalue weighted by molar-refractivity contribution is 6.06. The van der Waals surface area contributed by atoms with Crippen LogP contribution in [-0.4, -0.2) is 17.0 Å². The Morgan fingerprint density at radius 3 is 1.92 bits per heavy atom. The quantitative estimate of drug-likeness (QED) is 0.584. The van der Waals surface area contributed by atoms with E-state index < -0.39 is 11.9 Å². The Morgan fingerprint density at radius 1 is 0.667 bits per heavy atom. The molecule has 0 aliphatic rings. The molecule has 3 aromatic carbocycles. The van der Waals surface area contributed by atoms with E-state index in [-0.39, 0.29) is 16.9 Å². The van der Waals surface area contributed by atoms with Crippen molar-refractivity contribution >= 4 is 11.9 Å². The van der Waals surface area contributed by atoms with Crippen LogP contribution < -0.4 is 0 Å². The molecule has 24 heavy (non-hydrogen) atoms. The lowest BCUT2D eigenvalue weighted by atomic mass is 10.00. The maximum Gasteiger partial charge on any atom is 0.349 e. The standard InChI is InChI=1S/C20H14O4/c21-18-13-7-6-12-17(18)20(23)24-19(22)16-11-5-4-10-15(16)14-8-2-1-3-9-14/h1-13,21H. The molecule has 118 valence electrons. The van der Waals surface area contributed by atoms with E-state index >= 15 is 0 Å². The molecule has 0 bridgehead atoms. The van der Waals surface area contributed by atoms with Crippen molar-refractivity contribution < 1.29 is 19.4 Å². The van der Waals surface area contributed by atoms with Crippen molar-refractivity contribution in [3.63, 3.8) is 0 Å². The third-order valence-electron chi connectivity index (χ3n) is 3.54. The number of ether oxygens (including phenoxy) is 1. The second kappa shape index (κ2) is 6.79. The van der Waals surface area contributed by atoms with Crippen LogP contribution in [0.3, 0.4) is 0 Å². The highest BCUT2D eigenvalue weighted by Gasteiger charge is 2.20. The largest absolute Gasteiger partial charge is 0.507 e. The molecule has 1 N–H and O–H groups in total.